The predicted molar refractivity (Wildman–Crippen MR) is 70.8 cm³/mol. The standard InChI is InChI=1S/C15H23NO/c1-2-5-12-6-3-7-13(10-12)11-17-15-9-4-8-14(15)16/h3,6-7,10,14-15H,2,4-5,8-9,11,16H2,1H3/t14-,15-/m0/s1. The van der Waals surface area contributed by atoms with Gasteiger partial charge in [0.2, 0.25) is 0 Å². The molecule has 1 saturated carbocycles. The van der Waals surface area contributed by atoms with Gasteiger partial charge >= 0.3 is 0 Å². The van der Waals surface area contributed by atoms with Crippen molar-refractivity contribution in [2.45, 2.75) is 57.8 Å². The van der Waals surface area contributed by atoms with Crippen LogP contribution in [0.15, 0.2) is 24.3 Å². The quantitative estimate of drug-likeness (QED) is 0.848. The number of ether oxygens (including phenoxy) is 1. The Kier molecular flexibility index (Phi) is 4.57. The van der Waals surface area contributed by atoms with E-state index in [1.54, 1.807) is 0 Å². The van der Waals surface area contributed by atoms with Gasteiger partial charge in [-0.05, 0) is 36.8 Å². The first kappa shape index (κ1) is 12.6. The molecule has 1 aromatic carbocycles. The van der Waals surface area contributed by atoms with Gasteiger partial charge in [0, 0.05) is 6.04 Å². The van der Waals surface area contributed by atoms with Gasteiger partial charge in [-0.25, -0.2) is 0 Å². The van der Waals surface area contributed by atoms with Crippen molar-refractivity contribution in [1.82, 2.24) is 0 Å². The fourth-order valence-corrected chi connectivity index (χ4v) is 2.53. The molecule has 0 bridgehead atoms. The molecule has 2 N–H and O–H groups in total. The molecule has 1 fully saturated rings. The maximum absolute atomic E-state index is 6.00. The van der Waals surface area contributed by atoms with Crippen molar-refractivity contribution >= 4 is 0 Å². The lowest BCUT2D eigenvalue weighted by molar-refractivity contribution is 0.0357. The van der Waals surface area contributed by atoms with Gasteiger partial charge in [-0.2, -0.15) is 0 Å². The molecule has 2 rings (SSSR count). The van der Waals surface area contributed by atoms with E-state index in [9.17, 15) is 0 Å². The van der Waals surface area contributed by atoms with Crippen molar-refractivity contribution in [3.8, 4) is 0 Å². The summed E-state index contributed by atoms with van der Waals surface area (Å²) < 4.78 is 5.91. The first-order valence-electron chi connectivity index (χ1n) is 6.74. The number of aryl methyl sites for hydroxylation is 1. The van der Waals surface area contributed by atoms with Crippen molar-refractivity contribution < 1.29 is 4.74 Å². The van der Waals surface area contributed by atoms with Gasteiger partial charge in [0.25, 0.3) is 0 Å². The van der Waals surface area contributed by atoms with Crippen LogP contribution in [0.25, 0.3) is 0 Å². The number of nitrogens with two attached hydrogens (primary N) is 1. The van der Waals surface area contributed by atoms with Crippen LogP contribution in [-0.2, 0) is 17.8 Å². The highest BCUT2D eigenvalue weighted by Crippen LogP contribution is 2.21. The minimum Gasteiger partial charge on any atom is -0.372 e. The molecule has 0 radical (unpaired) electrons. The van der Waals surface area contributed by atoms with E-state index < -0.39 is 0 Å². The van der Waals surface area contributed by atoms with Crippen molar-refractivity contribution in [2.75, 3.05) is 0 Å². The third kappa shape index (κ3) is 3.55. The van der Waals surface area contributed by atoms with Gasteiger partial charge in [0.1, 0.15) is 0 Å². The molecule has 94 valence electrons. The molecule has 17 heavy (non-hydrogen) atoms. The predicted octanol–water partition coefficient (Wildman–Crippen LogP) is 3.04. The van der Waals surface area contributed by atoms with Gasteiger partial charge in [0.05, 0.1) is 12.7 Å². The second kappa shape index (κ2) is 6.18. The zero-order chi connectivity index (χ0) is 12.1. The third-order valence-corrected chi connectivity index (χ3v) is 3.50. The highest BCUT2D eigenvalue weighted by Gasteiger charge is 2.24. The van der Waals surface area contributed by atoms with E-state index in [0.29, 0.717) is 6.61 Å². The first-order valence-corrected chi connectivity index (χ1v) is 6.74. The Balaban J connectivity index is 1.87. The summed E-state index contributed by atoms with van der Waals surface area (Å²) in [7, 11) is 0. The van der Waals surface area contributed by atoms with Gasteiger partial charge in [-0.3, -0.25) is 0 Å². The van der Waals surface area contributed by atoms with Gasteiger partial charge in [-0.15, -0.1) is 0 Å². The molecule has 1 aliphatic carbocycles. The molecular weight excluding hydrogens is 210 g/mol. The number of rotatable bonds is 5. The summed E-state index contributed by atoms with van der Waals surface area (Å²) >= 11 is 0. The highest BCUT2D eigenvalue weighted by molar-refractivity contribution is 5.23. The van der Waals surface area contributed by atoms with Crippen LogP contribution in [0, 0.1) is 0 Å². The van der Waals surface area contributed by atoms with Gasteiger partial charge in [0.15, 0.2) is 0 Å². The molecule has 0 heterocycles. The van der Waals surface area contributed by atoms with Crippen LogP contribution < -0.4 is 5.73 Å². The Morgan fingerprint density at radius 2 is 2.12 bits per heavy atom. The van der Waals surface area contributed by atoms with E-state index in [4.69, 9.17) is 10.5 Å². The topological polar surface area (TPSA) is 35.2 Å². The lowest BCUT2D eigenvalue weighted by Gasteiger charge is -2.16. The molecule has 0 aliphatic heterocycles. The smallest absolute Gasteiger partial charge is 0.0730 e. The SMILES string of the molecule is CCCc1cccc(CO[C@H]2CCC[C@@H]2N)c1. The minimum absolute atomic E-state index is 0.244. The van der Waals surface area contributed by atoms with Crippen molar-refractivity contribution in [3.63, 3.8) is 0 Å². The number of hydrogen-bond acceptors (Lipinski definition) is 2. The molecule has 2 heteroatoms. The Labute approximate surface area is 104 Å². The average Bonchev–Trinajstić information content (AvgIpc) is 2.73. The summed E-state index contributed by atoms with van der Waals surface area (Å²) in [5.74, 6) is 0. The maximum atomic E-state index is 6.00. The molecule has 2 atom stereocenters. The van der Waals surface area contributed by atoms with E-state index in [1.165, 1.54) is 24.0 Å². The monoisotopic (exact) mass is 233 g/mol. The Bertz CT molecular complexity index is 351. The largest absolute Gasteiger partial charge is 0.372 e. The zero-order valence-corrected chi connectivity index (χ0v) is 10.7. The molecule has 0 saturated heterocycles. The summed E-state index contributed by atoms with van der Waals surface area (Å²) in [6.45, 7) is 2.91. The Morgan fingerprint density at radius 1 is 1.29 bits per heavy atom. The third-order valence-electron chi connectivity index (χ3n) is 3.50. The van der Waals surface area contributed by atoms with E-state index >= 15 is 0 Å². The average molecular weight is 233 g/mol. The fraction of sp³-hybridized carbons (Fsp3) is 0.600. The van der Waals surface area contributed by atoms with Gasteiger partial charge < -0.3 is 10.5 Å². The number of hydrogen-bond donors (Lipinski definition) is 1. The second-order valence-electron chi connectivity index (χ2n) is 5.01. The van der Waals surface area contributed by atoms with Crippen LogP contribution >= 0.6 is 0 Å². The van der Waals surface area contributed by atoms with Crippen LogP contribution in [0.1, 0.15) is 43.7 Å². The van der Waals surface area contributed by atoms with Crippen molar-refractivity contribution in [3.05, 3.63) is 35.4 Å². The van der Waals surface area contributed by atoms with Crippen LogP contribution in [0.4, 0.5) is 0 Å². The van der Waals surface area contributed by atoms with Crippen molar-refractivity contribution in [2.24, 2.45) is 5.73 Å². The fourth-order valence-electron chi connectivity index (χ4n) is 2.53. The summed E-state index contributed by atoms with van der Waals surface area (Å²) in [4.78, 5) is 0. The summed E-state index contributed by atoms with van der Waals surface area (Å²) in [5, 5.41) is 0. The molecule has 2 nitrogen and oxygen atoms in total. The Morgan fingerprint density at radius 3 is 2.82 bits per heavy atom. The molecule has 1 aliphatic rings. The summed E-state index contributed by atoms with van der Waals surface area (Å²) in [6, 6.07) is 8.95. The van der Waals surface area contributed by atoms with E-state index in [1.807, 2.05) is 0 Å². The van der Waals surface area contributed by atoms with Crippen LogP contribution in [0.2, 0.25) is 0 Å². The molecule has 0 aromatic heterocycles. The zero-order valence-electron chi connectivity index (χ0n) is 10.7. The minimum atomic E-state index is 0.244. The highest BCUT2D eigenvalue weighted by atomic mass is 16.5. The normalized spacial score (nSPS) is 24.1. The lowest BCUT2D eigenvalue weighted by atomic mass is 10.1. The van der Waals surface area contributed by atoms with E-state index in [0.717, 1.165) is 19.3 Å². The van der Waals surface area contributed by atoms with Gasteiger partial charge in [-0.1, -0.05) is 37.6 Å². The van der Waals surface area contributed by atoms with Crippen LogP contribution in [0.5, 0.6) is 0 Å². The molecular formula is C15H23NO. The van der Waals surface area contributed by atoms with E-state index in [-0.39, 0.29) is 12.1 Å². The summed E-state index contributed by atoms with van der Waals surface area (Å²) in [5.41, 5.74) is 8.68. The maximum Gasteiger partial charge on any atom is 0.0730 e. The molecule has 0 spiro atoms. The molecule has 0 amide bonds. The molecule has 0 unspecified atom stereocenters. The first-order chi connectivity index (χ1) is 8.29. The van der Waals surface area contributed by atoms with Crippen molar-refractivity contribution in [1.29, 1.82) is 0 Å². The number of benzene rings is 1. The lowest BCUT2D eigenvalue weighted by Crippen LogP contribution is -2.31. The van der Waals surface area contributed by atoms with Crippen LogP contribution in [-0.4, -0.2) is 12.1 Å². The second-order valence-corrected chi connectivity index (χ2v) is 5.01. The van der Waals surface area contributed by atoms with E-state index in [2.05, 4.69) is 31.2 Å². The van der Waals surface area contributed by atoms with Crippen LogP contribution in [0.3, 0.4) is 0 Å². The summed E-state index contributed by atoms with van der Waals surface area (Å²) in [6.07, 6.45) is 6.05. The Hall–Kier alpha value is -0.860. The molecule has 1 aromatic rings.